The highest BCUT2D eigenvalue weighted by Crippen LogP contribution is 2.34. The minimum absolute atomic E-state index is 0.106. The molecule has 1 atom stereocenters. The van der Waals surface area contributed by atoms with Crippen LogP contribution in [0.15, 0.2) is 33.8 Å². The molecule has 1 saturated heterocycles. The first-order chi connectivity index (χ1) is 15.3. The van der Waals surface area contributed by atoms with E-state index in [2.05, 4.69) is 25.3 Å². The molecule has 8 nitrogen and oxygen atoms in total. The van der Waals surface area contributed by atoms with Gasteiger partial charge in [-0.1, -0.05) is 13.8 Å². The third-order valence-electron chi connectivity index (χ3n) is 5.37. The van der Waals surface area contributed by atoms with Crippen molar-refractivity contribution in [1.82, 2.24) is 15.1 Å². The van der Waals surface area contributed by atoms with Crippen molar-refractivity contribution in [3.8, 4) is 0 Å². The number of rotatable bonds is 6. The van der Waals surface area contributed by atoms with Crippen molar-refractivity contribution in [2.24, 2.45) is 0 Å². The largest absolute Gasteiger partial charge is 0.338 e. The lowest BCUT2D eigenvalue weighted by molar-refractivity contribution is 0.102. The predicted molar refractivity (Wildman–Crippen MR) is 121 cm³/mol. The summed E-state index contributed by atoms with van der Waals surface area (Å²) in [4.78, 5) is 24.7. The smallest absolute Gasteiger partial charge is 0.266 e. The summed E-state index contributed by atoms with van der Waals surface area (Å²) in [6.45, 7) is 5.64. The van der Waals surface area contributed by atoms with E-state index in [1.54, 1.807) is 6.20 Å². The zero-order valence-electron chi connectivity index (χ0n) is 18.0. The van der Waals surface area contributed by atoms with Crippen molar-refractivity contribution in [3.05, 3.63) is 46.5 Å². The lowest BCUT2D eigenvalue weighted by Crippen LogP contribution is -2.33. The average molecular weight is 478 g/mol. The van der Waals surface area contributed by atoms with Crippen LogP contribution >= 0.6 is 11.3 Å². The van der Waals surface area contributed by atoms with Crippen LogP contribution in [0.25, 0.3) is 0 Å². The van der Waals surface area contributed by atoms with E-state index < -0.39 is 22.5 Å². The number of anilines is 2. The van der Waals surface area contributed by atoms with E-state index in [1.165, 1.54) is 29.7 Å². The first-order valence-corrected chi connectivity index (χ1v) is 12.7. The summed E-state index contributed by atoms with van der Waals surface area (Å²) in [6, 6.07) is 3.96. The summed E-state index contributed by atoms with van der Waals surface area (Å²) in [5, 5.41) is 7.17. The number of carbonyl (C=O) groups excluding carboxylic acids is 1. The summed E-state index contributed by atoms with van der Waals surface area (Å²) < 4.78 is 31.0. The van der Waals surface area contributed by atoms with Gasteiger partial charge in [-0.2, -0.15) is 4.98 Å². The van der Waals surface area contributed by atoms with E-state index in [-0.39, 0.29) is 11.5 Å². The molecule has 0 spiro atoms. The molecule has 2 aromatic heterocycles. The van der Waals surface area contributed by atoms with Crippen LogP contribution in [0.2, 0.25) is 0 Å². The average Bonchev–Trinajstić information content (AvgIpc) is 3.44. The van der Waals surface area contributed by atoms with Gasteiger partial charge in [-0.25, -0.2) is 9.37 Å². The number of nitrogens with zero attached hydrogens (tertiary/aromatic N) is 4. The number of halogens is 1. The van der Waals surface area contributed by atoms with Crippen molar-refractivity contribution in [3.63, 3.8) is 0 Å². The summed E-state index contributed by atoms with van der Waals surface area (Å²) >= 11 is 1.40. The lowest BCUT2D eigenvalue weighted by Gasteiger charge is -2.30. The molecule has 1 fully saturated rings. The standard InChI is InChI=1S/C21H24FN5O3S2/c1-12(2)19-25-20(26-30-19)27-8-6-13(7-9-27)17-11-23-21(31-17)24-18(28)15-5-4-14(32(3)29)10-16(15)22/h4-5,10-13H,6-9H2,1-3H3,(H,23,24,28). The van der Waals surface area contributed by atoms with Crippen molar-refractivity contribution in [1.29, 1.82) is 0 Å². The Morgan fingerprint density at radius 1 is 1.34 bits per heavy atom. The van der Waals surface area contributed by atoms with Crippen LogP contribution in [-0.2, 0) is 10.8 Å². The van der Waals surface area contributed by atoms with Crippen LogP contribution in [0.5, 0.6) is 0 Å². The molecule has 11 heteroatoms. The topological polar surface area (TPSA) is 101 Å². The first-order valence-electron chi connectivity index (χ1n) is 10.3. The van der Waals surface area contributed by atoms with Gasteiger partial charge in [0, 0.05) is 52.0 Å². The van der Waals surface area contributed by atoms with Crippen molar-refractivity contribution >= 4 is 39.1 Å². The van der Waals surface area contributed by atoms with E-state index in [1.807, 2.05) is 13.8 Å². The lowest BCUT2D eigenvalue weighted by atomic mass is 9.96. The van der Waals surface area contributed by atoms with Gasteiger partial charge in [0.2, 0.25) is 5.89 Å². The van der Waals surface area contributed by atoms with Gasteiger partial charge in [0.1, 0.15) is 5.82 Å². The number of aromatic nitrogens is 3. The first kappa shape index (κ1) is 22.5. The van der Waals surface area contributed by atoms with Crippen LogP contribution in [0.3, 0.4) is 0 Å². The van der Waals surface area contributed by atoms with Gasteiger partial charge < -0.3 is 9.42 Å². The number of piperidine rings is 1. The number of amides is 1. The molecule has 1 unspecified atom stereocenters. The number of nitrogens with one attached hydrogen (secondary N) is 1. The number of carbonyl (C=O) groups is 1. The van der Waals surface area contributed by atoms with Crippen LogP contribution in [0.4, 0.5) is 15.5 Å². The Labute approximate surface area is 191 Å². The van der Waals surface area contributed by atoms with Crippen LogP contribution in [0.1, 0.15) is 59.7 Å². The minimum atomic E-state index is -1.31. The Morgan fingerprint density at radius 3 is 2.72 bits per heavy atom. The summed E-state index contributed by atoms with van der Waals surface area (Å²) in [5.41, 5.74) is -0.106. The van der Waals surface area contributed by atoms with Gasteiger partial charge >= 0.3 is 0 Å². The Hall–Kier alpha value is -2.66. The van der Waals surface area contributed by atoms with Gasteiger partial charge in [-0.15, -0.1) is 11.3 Å². The van der Waals surface area contributed by atoms with Crippen LogP contribution < -0.4 is 10.2 Å². The summed E-state index contributed by atoms with van der Waals surface area (Å²) in [5.74, 6) is 0.498. The third kappa shape index (κ3) is 4.88. The molecule has 1 N–H and O–H groups in total. The molecule has 4 rings (SSSR count). The van der Waals surface area contributed by atoms with Crippen LogP contribution in [0, 0.1) is 5.82 Å². The Kier molecular flexibility index (Phi) is 6.66. The highest BCUT2D eigenvalue weighted by atomic mass is 32.2. The molecule has 0 aliphatic carbocycles. The molecule has 0 saturated carbocycles. The summed E-state index contributed by atoms with van der Waals surface area (Å²) in [7, 11) is -1.31. The van der Waals surface area contributed by atoms with Crippen molar-refractivity contribution in [2.75, 3.05) is 29.6 Å². The second-order valence-corrected chi connectivity index (χ2v) is 10.4. The third-order valence-corrected chi connectivity index (χ3v) is 7.36. The van der Waals surface area contributed by atoms with E-state index >= 15 is 0 Å². The van der Waals surface area contributed by atoms with Gasteiger partial charge in [-0.3, -0.25) is 14.3 Å². The number of hydrogen-bond acceptors (Lipinski definition) is 8. The van der Waals surface area contributed by atoms with Crippen LogP contribution in [-0.4, -0.2) is 44.6 Å². The molecule has 170 valence electrons. The SMILES string of the molecule is CC(C)c1nc(N2CCC(c3cnc(NC(=O)c4ccc(S(C)=O)cc4F)s3)CC2)no1. The van der Waals surface area contributed by atoms with Gasteiger partial charge in [-0.05, 0) is 42.1 Å². The van der Waals surface area contributed by atoms with E-state index in [9.17, 15) is 13.4 Å². The van der Waals surface area contributed by atoms with E-state index in [4.69, 9.17) is 4.52 Å². The highest BCUT2D eigenvalue weighted by molar-refractivity contribution is 7.84. The monoisotopic (exact) mass is 477 g/mol. The maximum Gasteiger partial charge on any atom is 0.266 e. The number of thiazole rings is 1. The summed E-state index contributed by atoms with van der Waals surface area (Å²) in [6.07, 6.45) is 5.05. The second kappa shape index (κ2) is 9.45. The molecule has 1 amide bonds. The predicted octanol–water partition coefficient (Wildman–Crippen LogP) is 4.16. The minimum Gasteiger partial charge on any atom is -0.338 e. The zero-order chi connectivity index (χ0) is 22.8. The molecular formula is C21H24FN5O3S2. The normalized spacial score (nSPS) is 15.8. The quantitative estimate of drug-likeness (QED) is 0.569. The molecule has 32 heavy (non-hydrogen) atoms. The number of hydrogen-bond donors (Lipinski definition) is 1. The van der Waals surface area contributed by atoms with E-state index in [0.717, 1.165) is 36.9 Å². The van der Waals surface area contributed by atoms with Crippen molar-refractivity contribution in [2.45, 2.75) is 43.4 Å². The molecule has 1 aromatic carbocycles. The Bertz CT molecular complexity index is 1140. The Morgan fingerprint density at radius 2 is 2.09 bits per heavy atom. The number of benzene rings is 1. The molecule has 1 aliphatic rings. The molecule has 3 heterocycles. The zero-order valence-corrected chi connectivity index (χ0v) is 19.6. The fourth-order valence-corrected chi connectivity index (χ4v) is 5.02. The molecule has 0 radical (unpaired) electrons. The Balaban J connectivity index is 1.36. The van der Waals surface area contributed by atoms with E-state index in [0.29, 0.717) is 27.8 Å². The van der Waals surface area contributed by atoms with Gasteiger partial charge in [0.15, 0.2) is 5.13 Å². The molecule has 3 aromatic rings. The fourth-order valence-electron chi connectivity index (χ4n) is 3.51. The van der Waals surface area contributed by atoms with Gasteiger partial charge in [0.05, 0.1) is 5.56 Å². The molecular weight excluding hydrogens is 453 g/mol. The maximum atomic E-state index is 14.2. The second-order valence-electron chi connectivity index (χ2n) is 7.97. The molecule has 1 aliphatic heterocycles. The maximum absolute atomic E-state index is 14.2. The highest BCUT2D eigenvalue weighted by Gasteiger charge is 2.26. The van der Waals surface area contributed by atoms with Crippen molar-refractivity contribution < 1.29 is 17.9 Å². The van der Waals surface area contributed by atoms with Gasteiger partial charge in [0.25, 0.3) is 11.9 Å². The molecule has 0 bridgehead atoms. The fraction of sp³-hybridized carbons (Fsp3) is 0.429.